The molecule has 0 saturated heterocycles. The van der Waals surface area contributed by atoms with Gasteiger partial charge < -0.3 is 19.3 Å². The van der Waals surface area contributed by atoms with Crippen molar-refractivity contribution >= 4 is 17.5 Å². The minimum absolute atomic E-state index is 0.0808. The Labute approximate surface area is 161 Å². The van der Waals surface area contributed by atoms with Gasteiger partial charge >= 0.3 is 0 Å². The van der Waals surface area contributed by atoms with Crippen LogP contribution in [0.4, 0.5) is 0 Å². The van der Waals surface area contributed by atoms with Gasteiger partial charge in [0.2, 0.25) is 11.7 Å². The summed E-state index contributed by atoms with van der Waals surface area (Å²) in [5.74, 6) is 2.03. The second-order valence-electron chi connectivity index (χ2n) is 5.58. The van der Waals surface area contributed by atoms with E-state index in [1.807, 2.05) is 24.3 Å². The first-order valence-electron chi connectivity index (χ1n) is 8.26. The van der Waals surface area contributed by atoms with Crippen molar-refractivity contribution < 1.29 is 18.8 Å². The monoisotopic (exact) mass is 387 g/mol. The summed E-state index contributed by atoms with van der Waals surface area (Å²) in [5, 5.41) is 7.30. The fourth-order valence-electron chi connectivity index (χ4n) is 2.25. The molecule has 0 atom stereocenters. The molecule has 27 heavy (non-hydrogen) atoms. The molecule has 0 aliphatic rings. The lowest BCUT2D eigenvalue weighted by Crippen LogP contribution is -2.30. The summed E-state index contributed by atoms with van der Waals surface area (Å²) in [6.07, 6.45) is 0.426. The molecule has 1 aromatic heterocycles. The third-order valence-corrected chi connectivity index (χ3v) is 3.91. The second kappa shape index (κ2) is 9.05. The average Bonchev–Trinajstić information content (AvgIpc) is 3.16. The lowest BCUT2D eigenvalue weighted by molar-refractivity contribution is -0.123. The average molecular weight is 388 g/mol. The second-order valence-corrected chi connectivity index (χ2v) is 6.02. The molecule has 3 rings (SSSR count). The predicted molar refractivity (Wildman–Crippen MR) is 99.9 cm³/mol. The van der Waals surface area contributed by atoms with Gasteiger partial charge in [-0.3, -0.25) is 4.79 Å². The lowest BCUT2D eigenvalue weighted by atomic mass is 10.2. The van der Waals surface area contributed by atoms with E-state index in [1.54, 1.807) is 31.4 Å². The van der Waals surface area contributed by atoms with E-state index in [-0.39, 0.29) is 12.5 Å². The third kappa shape index (κ3) is 5.46. The predicted octanol–water partition coefficient (Wildman–Crippen LogP) is 3.14. The van der Waals surface area contributed by atoms with Crippen LogP contribution in [0.2, 0.25) is 5.02 Å². The van der Waals surface area contributed by atoms with Crippen molar-refractivity contribution in [1.82, 2.24) is 15.5 Å². The first-order valence-corrected chi connectivity index (χ1v) is 8.64. The molecule has 0 spiro atoms. The van der Waals surface area contributed by atoms with E-state index in [2.05, 4.69) is 15.5 Å². The Morgan fingerprint density at radius 3 is 2.52 bits per heavy atom. The molecule has 1 N–H and O–H groups in total. The minimum atomic E-state index is -0.236. The van der Waals surface area contributed by atoms with Crippen molar-refractivity contribution in [3.63, 3.8) is 0 Å². The lowest BCUT2D eigenvalue weighted by Gasteiger charge is -2.06. The number of carbonyl (C=O) groups is 1. The smallest absolute Gasteiger partial charge is 0.257 e. The van der Waals surface area contributed by atoms with Crippen molar-refractivity contribution in [2.75, 3.05) is 20.3 Å². The van der Waals surface area contributed by atoms with Crippen LogP contribution in [0.1, 0.15) is 5.89 Å². The number of hydrogen-bond acceptors (Lipinski definition) is 6. The number of rotatable bonds is 8. The topological polar surface area (TPSA) is 86.5 Å². The van der Waals surface area contributed by atoms with Crippen LogP contribution in [0, 0.1) is 0 Å². The Morgan fingerprint density at radius 1 is 1.11 bits per heavy atom. The van der Waals surface area contributed by atoms with Gasteiger partial charge in [-0.1, -0.05) is 16.8 Å². The molecular formula is C19H18ClN3O4. The number of carbonyl (C=O) groups excluding carboxylic acids is 1. The van der Waals surface area contributed by atoms with Crippen molar-refractivity contribution in [1.29, 1.82) is 0 Å². The van der Waals surface area contributed by atoms with Gasteiger partial charge in [0.1, 0.15) is 11.5 Å². The summed E-state index contributed by atoms with van der Waals surface area (Å²) in [7, 11) is 1.61. The molecule has 1 heterocycles. The molecule has 0 bridgehead atoms. The van der Waals surface area contributed by atoms with E-state index in [0.717, 1.165) is 11.3 Å². The molecule has 140 valence electrons. The Kier molecular flexibility index (Phi) is 6.27. The van der Waals surface area contributed by atoms with E-state index >= 15 is 0 Å². The maximum absolute atomic E-state index is 11.8. The first-order chi connectivity index (χ1) is 13.1. The SMILES string of the molecule is COc1ccc(-c2noc(CCNC(=O)COc3ccc(Cl)cc3)n2)cc1. The van der Waals surface area contributed by atoms with Crippen LogP contribution in [0.25, 0.3) is 11.4 Å². The minimum Gasteiger partial charge on any atom is -0.497 e. The number of benzene rings is 2. The summed E-state index contributed by atoms with van der Waals surface area (Å²) >= 11 is 5.80. The number of halogens is 1. The number of methoxy groups -OCH3 is 1. The first kappa shape index (κ1) is 18.7. The van der Waals surface area contributed by atoms with Gasteiger partial charge in [-0.05, 0) is 48.5 Å². The molecule has 3 aromatic rings. The van der Waals surface area contributed by atoms with Gasteiger partial charge in [-0.15, -0.1) is 0 Å². The van der Waals surface area contributed by atoms with Crippen molar-refractivity contribution in [2.24, 2.45) is 0 Å². The van der Waals surface area contributed by atoms with Crippen molar-refractivity contribution in [2.45, 2.75) is 6.42 Å². The Bertz CT molecular complexity index is 879. The van der Waals surface area contributed by atoms with Crippen LogP contribution in [0.5, 0.6) is 11.5 Å². The Morgan fingerprint density at radius 2 is 1.81 bits per heavy atom. The van der Waals surface area contributed by atoms with E-state index in [0.29, 0.717) is 35.5 Å². The number of hydrogen-bond donors (Lipinski definition) is 1. The van der Waals surface area contributed by atoms with Gasteiger partial charge in [0.05, 0.1) is 7.11 Å². The molecule has 1 amide bonds. The summed E-state index contributed by atoms with van der Waals surface area (Å²) in [4.78, 5) is 16.1. The number of ether oxygens (including phenoxy) is 2. The molecule has 0 radical (unpaired) electrons. The van der Waals surface area contributed by atoms with E-state index in [9.17, 15) is 4.79 Å². The maximum Gasteiger partial charge on any atom is 0.257 e. The summed E-state index contributed by atoms with van der Waals surface area (Å²) in [6.45, 7) is 0.287. The van der Waals surface area contributed by atoms with Crippen LogP contribution in [-0.2, 0) is 11.2 Å². The van der Waals surface area contributed by atoms with Crippen LogP contribution in [0.3, 0.4) is 0 Å². The fourth-order valence-corrected chi connectivity index (χ4v) is 2.38. The summed E-state index contributed by atoms with van der Waals surface area (Å²) in [5.41, 5.74) is 0.825. The number of nitrogens with zero attached hydrogens (tertiary/aromatic N) is 2. The molecule has 0 aliphatic carbocycles. The zero-order valence-corrected chi connectivity index (χ0v) is 15.4. The highest BCUT2D eigenvalue weighted by atomic mass is 35.5. The molecule has 0 aliphatic heterocycles. The quantitative estimate of drug-likeness (QED) is 0.639. The third-order valence-electron chi connectivity index (χ3n) is 3.66. The Hall–Kier alpha value is -3.06. The highest BCUT2D eigenvalue weighted by Gasteiger charge is 2.09. The van der Waals surface area contributed by atoms with E-state index in [1.165, 1.54) is 0 Å². The van der Waals surface area contributed by atoms with E-state index < -0.39 is 0 Å². The van der Waals surface area contributed by atoms with Crippen LogP contribution >= 0.6 is 11.6 Å². The fraction of sp³-hybridized carbons (Fsp3) is 0.211. The molecule has 0 saturated carbocycles. The van der Waals surface area contributed by atoms with Crippen LogP contribution < -0.4 is 14.8 Å². The maximum atomic E-state index is 11.8. The molecule has 0 unspecified atom stereocenters. The van der Waals surface area contributed by atoms with Crippen molar-refractivity contribution in [3.05, 3.63) is 59.4 Å². The number of nitrogens with one attached hydrogen (secondary N) is 1. The largest absolute Gasteiger partial charge is 0.497 e. The number of aromatic nitrogens is 2. The zero-order chi connectivity index (χ0) is 19.1. The van der Waals surface area contributed by atoms with Crippen LogP contribution in [-0.4, -0.2) is 36.3 Å². The van der Waals surface area contributed by atoms with Gasteiger partial charge in [-0.25, -0.2) is 0 Å². The van der Waals surface area contributed by atoms with Crippen LogP contribution in [0.15, 0.2) is 53.1 Å². The normalized spacial score (nSPS) is 10.4. The molecule has 2 aromatic carbocycles. The van der Waals surface area contributed by atoms with E-state index in [4.69, 9.17) is 25.6 Å². The van der Waals surface area contributed by atoms with Crippen molar-refractivity contribution in [3.8, 4) is 22.9 Å². The van der Waals surface area contributed by atoms with Gasteiger partial charge in [0.15, 0.2) is 6.61 Å². The molecular weight excluding hydrogens is 370 g/mol. The molecule has 7 nitrogen and oxygen atoms in total. The standard InChI is InChI=1S/C19H18ClN3O4/c1-25-15-6-2-13(3-7-15)19-22-18(27-23-19)10-11-21-17(24)12-26-16-8-4-14(20)5-9-16/h2-9H,10-12H2,1H3,(H,21,24). The van der Waals surface area contributed by atoms with Gasteiger partial charge in [0, 0.05) is 23.6 Å². The zero-order valence-electron chi connectivity index (χ0n) is 14.6. The van der Waals surface area contributed by atoms with Gasteiger partial charge in [0.25, 0.3) is 5.91 Å². The highest BCUT2D eigenvalue weighted by molar-refractivity contribution is 6.30. The molecule has 8 heteroatoms. The highest BCUT2D eigenvalue weighted by Crippen LogP contribution is 2.19. The summed E-state index contributed by atoms with van der Waals surface area (Å²) < 4.78 is 15.7. The summed E-state index contributed by atoms with van der Waals surface area (Å²) in [6, 6.07) is 14.2. The van der Waals surface area contributed by atoms with Gasteiger partial charge in [-0.2, -0.15) is 4.98 Å². The molecule has 0 fully saturated rings. The number of amides is 1. The Balaban J connectivity index is 1.43.